The van der Waals surface area contributed by atoms with Crippen LogP contribution in [-0.4, -0.2) is 18.3 Å². The van der Waals surface area contributed by atoms with Crippen molar-refractivity contribution in [3.05, 3.63) is 114 Å². The minimum absolute atomic E-state index is 0.0841. The fraction of sp³-hybridized carbons (Fsp3) is 0.214. The summed E-state index contributed by atoms with van der Waals surface area (Å²) >= 11 is 0. The highest BCUT2D eigenvalue weighted by Gasteiger charge is 2.14. The van der Waals surface area contributed by atoms with Gasteiger partial charge in [0.05, 0.1) is 25.4 Å². The van der Waals surface area contributed by atoms with Gasteiger partial charge in [0.1, 0.15) is 5.75 Å². The highest BCUT2D eigenvalue weighted by Crippen LogP contribution is 2.27. The van der Waals surface area contributed by atoms with E-state index in [4.69, 9.17) is 9.47 Å². The Balaban J connectivity index is 1.36. The topological polar surface area (TPSA) is 38.7 Å². The molecule has 0 aromatic heterocycles. The first-order valence-electron chi connectivity index (χ1n) is 10.8. The number of benzene rings is 4. The van der Waals surface area contributed by atoms with Crippen molar-refractivity contribution in [2.24, 2.45) is 0 Å². The van der Waals surface area contributed by atoms with Gasteiger partial charge in [-0.2, -0.15) is 0 Å². The van der Waals surface area contributed by atoms with Crippen molar-refractivity contribution >= 4 is 10.8 Å². The summed E-state index contributed by atoms with van der Waals surface area (Å²) in [4.78, 5) is 0. The zero-order valence-corrected chi connectivity index (χ0v) is 17.6. The molecule has 0 aliphatic rings. The maximum absolute atomic E-state index is 10.4. The molecule has 1 N–H and O–H groups in total. The van der Waals surface area contributed by atoms with Crippen molar-refractivity contribution in [3.8, 4) is 5.75 Å². The van der Waals surface area contributed by atoms with E-state index in [0.717, 1.165) is 28.7 Å². The second-order valence-electron chi connectivity index (χ2n) is 7.60. The highest BCUT2D eigenvalue weighted by atomic mass is 16.5. The normalized spacial score (nSPS) is 13.1. The van der Waals surface area contributed by atoms with E-state index in [0.29, 0.717) is 19.6 Å². The number of ether oxygens (including phenoxy) is 2. The van der Waals surface area contributed by atoms with Crippen LogP contribution in [-0.2, 0) is 4.74 Å². The Morgan fingerprint density at radius 1 is 0.613 bits per heavy atom. The maximum atomic E-state index is 10.4. The molecule has 4 aromatic rings. The molecule has 3 nitrogen and oxygen atoms in total. The van der Waals surface area contributed by atoms with Crippen molar-refractivity contribution in [2.45, 2.75) is 25.0 Å². The van der Waals surface area contributed by atoms with Crippen LogP contribution in [0.5, 0.6) is 5.75 Å². The standard InChI is InChI=1S/C28H28O3/c29-26(23-11-3-1-4-12-23)18-20-30-27(24-13-5-2-6-14-24)19-21-31-28-17-9-15-22-10-7-8-16-25(22)28/h1-17,26-27,29H,18-21H2/t26?,27-/m1/s1. The predicted octanol–water partition coefficient (Wildman–Crippen LogP) is 6.49. The molecular weight excluding hydrogens is 384 g/mol. The van der Waals surface area contributed by atoms with Crippen LogP contribution in [0.1, 0.15) is 36.2 Å². The van der Waals surface area contributed by atoms with Gasteiger partial charge in [-0.15, -0.1) is 0 Å². The first-order valence-corrected chi connectivity index (χ1v) is 10.8. The molecule has 4 aromatic carbocycles. The van der Waals surface area contributed by atoms with Crippen LogP contribution in [0, 0.1) is 0 Å². The molecule has 0 amide bonds. The molecule has 4 rings (SSSR count). The van der Waals surface area contributed by atoms with Crippen LogP contribution in [0.3, 0.4) is 0 Å². The van der Waals surface area contributed by atoms with Gasteiger partial charge in [0, 0.05) is 18.2 Å². The molecule has 0 spiro atoms. The maximum Gasteiger partial charge on any atom is 0.127 e. The first kappa shape index (κ1) is 21.1. The predicted molar refractivity (Wildman–Crippen MR) is 125 cm³/mol. The molecule has 31 heavy (non-hydrogen) atoms. The summed E-state index contributed by atoms with van der Waals surface area (Å²) in [5, 5.41) is 12.7. The van der Waals surface area contributed by atoms with Crippen LogP contribution in [0.4, 0.5) is 0 Å². The van der Waals surface area contributed by atoms with Gasteiger partial charge in [-0.25, -0.2) is 0 Å². The third-order valence-electron chi connectivity index (χ3n) is 5.45. The van der Waals surface area contributed by atoms with Crippen LogP contribution in [0.15, 0.2) is 103 Å². The number of aliphatic hydroxyl groups is 1. The lowest BCUT2D eigenvalue weighted by Crippen LogP contribution is -2.12. The van der Waals surface area contributed by atoms with Gasteiger partial charge in [0.25, 0.3) is 0 Å². The van der Waals surface area contributed by atoms with E-state index in [1.54, 1.807) is 0 Å². The van der Waals surface area contributed by atoms with Gasteiger partial charge in [-0.3, -0.25) is 0 Å². The van der Waals surface area contributed by atoms with Crippen molar-refractivity contribution in [1.29, 1.82) is 0 Å². The fourth-order valence-corrected chi connectivity index (χ4v) is 3.78. The summed E-state index contributed by atoms with van der Waals surface area (Å²) in [5.74, 6) is 0.893. The number of aliphatic hydroxyl groups excluding tert-OH is 1. The van der Waals surface area contributed by atoms with Crippen molar-refractivity contribution in [1.82, 2.24) is 0 Å². The SMILES string of the molecule is OC(CCO[C@H](CCOc1cccc2ccccc12)c1ccccc1)c1ccccc1. The zero-order valence-electron chi connectivity index (χ0n) is 17.6. The summed E-state index contributed by atoms with van der Waals surface area (Å²) in [7, 11) is 0. The molecular formula is C28H28O3. The van der Waals surface area contributed by atoms with Gasteiger partial charge in [-0.05, 0) is 22.6 Å². The van der Waals surface area contributed by atoms with Gasteiger partial charge < -0.3 is 14.6 Å². The molecule has 0 saturated carbocycles. The van der Waals surface area contributed by atoms with Crippen molar-refractivity contribution in [3.63, 3.8) is 0 Å². The average Bonchev–Trinajstić information content (AvgIpc) is 2.84. The van der Waals surface area contributed by atoms with E-state index >= 15 is 0 Å². The molecule has 0 bridgehead atoms. The van der Waals surface area contributed by atoms with Gasteiger partial charge >= 0.3 is 0 Å². The van der Waals surface area contributed by atoms with Crippen LogP contribution >= 0.6 is 0 Å². The number of fused-ring (bicyclic) bond motifs is 1. The molecule has 158 valence electrons. The first-order chi connectivity index (χ1) is 15.3. The molecule has 0 saturated heterocycles. The third-order valence-corrected chi connectivity index (χ3v) is 5.45. The fourth-order valence-electron chi connectivity index (χ4n) is 3.78. The molecule has 0 heterocycles. The van der Waals surface area contributed by atoms with Gasteiger partial charge in [0.15, 0.2) is 0 Å². The second kappa shape index (κ2) is 10.8. The minimum Gasteiger partial charge on any atom is -0.493 e. The molecule has 1 unspecified atom stereocenters. The lowest BCUT2D eigenvalue weighted by molar-refractivity contribution is 0.0158. The quantitative estimate of drug-likeness (QED) is 0.323. The summed E-state index contributed by atoms with van der Waals surface area (Å²) in [6, 6.07) is 34.3. The molecule has 3 heteroatoms. The van der Waals surface area contributed by atoms with E-state index in [9.17, 15) is 5.11 Å². The molecule has 0 fully saturated rings. The summed E-state index contributed by atoms with van der Waals surface area (Å²) < 4.78 is 12.3. The smallest absolute Gasteiger partial charge is 0.127 e. The summed E-state index contributed by atoms with van der Waals surface area (Å²) in [5.41, 5.74) is 2.04. The molecule has 2 atom stereocenters. The van der Waals surface area contributed by atoms with E-state index in [2.05, 4.69) is 30.3 Å². The molecule has 0 radical (unpaired) electrons. The minimum atomic E-state index is -0.524. The number of hydrogen-bond acceptors (Lipinski definition) is 3. The summed E-state index contributed by atoms with van der Waals surface area (Å²) in [6.07, 6.45) is 0.676. The van der Waals surface area contributed by atoms with Crippen LogP contribution in [0.25, 0.3) is 10.8 Å². The van der Waals surface area contributed by atoms with Gasteiger partial charge in [0.2, 0.25) is 0 Å². The monoisotopic (exact) mass is 412 g/mol. The molecule has 0 aliphatic heterocycles. The second-order valence-corrected chi connectivity index (χ2v) is 7.60. The number of hydrogen-bond donors (Lipinski definition) is 1. The number of rotatable bonds is 10. The zero-order chi connectivity index (χ0) is 21.3. The van der Waals surface area contributed by atoms with E-state index < -0.39 is 6.10 Å². The van der Waals surface area contributed by atoms with Gasteiger partial charge in [-0.1, -0.05) is 97.1 Å². The van der Waals surface area contributed by atoms with Crippen molar-refractivity contribution < 1.29 is 14.6 Å². The van der Waals surface area contributed by atoms with Crippen LogP contribution < -0.4 is 4.74 Å². The third kappa shape index (κ3) is 5.72. The largest absolute Gasteiger partial charge is 0.493 e. The lowest BCUT2D eigenvalue weighted by atomic mass is 10.1. The lowest BCUT2D eigenvalue weighted by Gasteiger charge is -2.20. The Hall–Kier alpha value is -3.14. The summed E-state index contributed by atoms with van der Waals surface area (Å²) in [6.45, 7) is 1.03. The average molecular weight is 413 g/mol. The Kier molecular flexibility index (Phi) is 7.32. The van der Waals surface area contributed by atoms with E-state index in [1.165, 1.54) is 5.39 Å². The molecule has 0 aliphatic carbocycles. The Morgan fingerprint density at radius 2 is 1.26 bits per heavy atom. The van der Waals surface area contributed by atoms with Crippen LogP contribution in [0.2, 0.25) is 0 Å². The Labute approximate surface area is 183 Å². The van der Waals surface area contributed by atoms with E-state index in [1.807, 2.05) is 72.8 Å². The Bertz CT molecular complexity index is 1060. The van der Waals surface area contributed by atoms with E-state index in [-0.39, 0.29) is 6.10 Å². The Morgan fingerprint density at radius 3 is 2.03 bits per heavy atom. The van der Waals surface area contributed by atoms with Crippen molar-refractivity contribution in [2.75, 3.05) is 13.2 Å². The highest BCUT2D eigenvalue weighted by molar-refractivity contribution is 5.88.